The van der Waals surface area contributed by atoms with Gasteiger partial charge >= 0.3 is 0 Å². The summed E-state index contributed by atoms with van der Waals surface area (Å²) in [5, 5.41) is 8.56. The van der Waals surface area contributed by atoms with Gasteiger partial charge in [-0.3, -0.25) is 0 Å². The monoisotopic (exact) mass is 177 g/mol. The van der Waals surface area contributed by atoms with Crippen LogP contribution in [0.5, 0.6) is 0 Å². The fourth-order valence-electron chi connectivity index (χ4n) is 1.09. The Kier molecular flexibility index (Phi) is 2.48. The molecule has 0 aliphatic carbocycles. The lowest BCUT2D eigenvalue weighted by atomic mass is 10.2. The molecule has 0 unspecified atom stereocenters. The Balaban J connectivity index is 3.10. The quantitative estimate of drug-likeness (QED) is 0.529. The fourth-order valence-corrected chi connectivity index (χ4v) is 2.29. The van der Waals surface area contributed by atoms with Crippen LogP contribution in [0.2, 0.25) is 19.6 Å². The van der Waals surface area contributed by atoms with Gasteiger partial charge in [0.15, 0.2) is 0 Å². The molecule has 1 N–H and O–H groups in total. The summed E-state index contributed by atoms with van der Waals surface area (Å²) in [7, 11) is -1.18. The van der Waals surface area contributed by atoms with Crippen molar-refractivity contribution in [2.75, 3.05) is 0 Å². The van der Waals surface area contributed by atoms with E-state index in [0.29, 0.717) is 0 Å². The third-order valence-corrected chi connectivity index (χ3v) is 3.96. The molecule has 0 aromatic heterocycles. The highest BCUT2D eigenvalue weighted by Crippen LogP contribution is 2.03. The fraction of sp³-hybridized carbons (Fsp3) is 0.300. The SMILES string of the molecule is C[Si](C)(C)c1cccc(C=N)c1. The van der Waals surface area contributed by atoms with Gasteiger partial charge in [-0.25, -0.2) is 0 Å². The van der Waals surface area contributed by atoms with E-state index in [1.165, 1.54) is 11.4 Å². The minimum absolute atomic E-state index is 1.01. The minimum Gasteiger partial charge on any atom is -0.308 e. The summed E-state index contributed by atoms with van der Waals surface area (Å²) in [6.45, 7) is 6.95. The largest absolute Gasteiger partial charge is 0.308 e. The molecule has 0 amide bonds. The molecule has 12 heavy (non-hydrogen) atoms. The van der Waals surface area contributed by atoms with Gasteiger partial charge in [0.05, 0.1) is 8.07 Å². The first-order chi connectivity index (χ1) is 5.54. The molecular formula is C10H15NSi. The molecular weight excluding hydrogens is 162 g/mol. The lowest BCUT2D eigenvalue weighted by Gasteiger charge is -2.16. The first-order valence-electron chi connectivity index (χ1n) is 4.15. The Morgan fingerprint density at radius 2 is 1.92 bits per heavy atom. The van der Waals surface area contributed by atoms with Gasteiger partial charge in [0.25, 0.3) is 0 Å². The van der Waals surface area contributed by atoms with Crippen LogP contribution in [-0.2, 0) is 0 Å². The Morgan fingerprint density at radius 3 is 2.42 bits per heavy atom. The molecule has 1 nitrogen and oxygen atoms in total. The number of benzene rings is 1. The van der Waals surface area contributed by atoms with Gasteiger partial charge in [-0.15, -0.1) is 0 Å². The summed E-state index contributed by atoms with van der Waals surface area (Å²) in [5.41, 5.74) is 1.01. The third-order valence-electron chi connectivity index (χ3n) is 1.92. The molecule has 0 saturated heterocycles. The predicted octanol–water partition coefficient (Wildman–Crippen LogP) is 2.23. The lowest BCUT2D eigenvalue weighted by molar-refractivity contribution is 1.54. The van der Waals surface area contributed by atoms with Crippen molar-refractivity contribution in [2.24, 2.45) is 0 Å². The van der Waals surface area contributed by atoms with Crippen LogP contribution >= 0.6 is 0 Å². The van der Waals surface area contributed by atoms with E-state index in [9.17, 15) is 0 Å². The molecule has 1 aromatic carbocycles. The van der Waals surface area contributed by atoms with Crippen molar-refractivity contribution in [3.63, 3.8) is 0 Å². The van der Waals surface area contributed by atoms with Crippen molar-refractivity contribution in [3.05, 3.63) is 29.8 Å². The molecule has 64 valence electrons. The summed E-state index contributed by atoms with van der Waals surface area (Å²) < 4.78 is 0. The molecule has 0 spiro atoms. The maximum Gasteiger partial charge on any atom is 0.0776 e. The minimum atomic E-state index is -1.18. The zero-order valence-electron chi connectivity index (χ0n) is 7.89. The van der Waals surface area contributed by atoms with E-state index in [1.807, 2.05) is 12.1 Å². The van der Waals surface area contributed by atoms with Crippen LogP contribution in [-0.4, -0.2) is 14.3 Å². The average Bonchev–Trinajstić information content (AvgIpc) is 2.03. The maximum atomic E-state index is 7.14. The van der Waals surface area contributed by atoms with E-state index in [0.717, 1.165) is 5.56 Å². The Bertz CT molecular complexity index is 286. The van der Waals surface area contributed by atoms with Crippen LogP contribution in [0.15, 0.2) is 24.3 Å². The molecule has 2 heteroatoms. The first kappa shape index (κ1) is 9.20. The average molecular weight is 177 g/mol. The molecule has 0 bridgehead atoms. The van der Waals surface area contributed by atoms with Crippen molar-refractivity contribution in [2.45, 2.75) is 19.6 Å². The first-order valence-corrected chi connectivity index (χ1v) is 7.65. The zero-order chi connectivity index (χ0) is 9.19. The number of hydrogen-bond acceptors (Lipinski definition) is 1. The van der Waals surface area contributed by atoms with Gasteiger partial charge in [-0.05, 0) is 5.56 Å². The van der Waals surface area contributed by atoms with Crippen LogP contribution in [0.25, 0.3) is 0 Å². The number of hydrogen-bond donors (Lipinski definition) is 1. The normalized spacial score (nSPS) is 11.2. The third kappa shape index (κ3) is 2.05. The zero-order valence-corrected chi connectivity index (χ0v) is 8.89. The second-order valence-corrected chi connectivity index (χ2v) is 9.10. The summed E-state index contributed by atoms with van der Waals surface area (Å²) >= 11 is 0. The van der Waals surface area contributed by atoms with Crippen molar-refractivity contribution in [1.29, 1.82) is 5.41 Å². The molecule has 0 fully saturated rings. The lowest BCUT2D eigenvalue weighted by Crippen LogP contribution is -2.37. The standard InChI is InChI=1S/C10H15NSi/c1-12(2,3)10-6-4-5-9(7-10)8-11/h4-8,11H,1-3H3. The van der Waals surface area contributed by atoms with Gasteiger partial charge in [0, 0.05) is 6.21 Å². The molecule has 1 rings (SSSR count). The molecule has 0 saturated carbocycles. The molecule has 0 heterocycles. The number of nitrogens with one attached hydrogen (secondary N) is 1. The highest BCUT2D eigenvalue weighted by Gasteiger charge is 2.15. The van der Waals surface area contributed by atoms with Crippen molar-refractivity contribution >= 4 is 19.5 Å². The summed E-state index contributed by atoms with van der Waals surface area (Å²) in [6, 6.07) is 8.29. The van der Waals surface area contributed by atoms with E-state index in [4.69, 9.17) is 5.41 Å². The molecule has 0 aliphatic heterocycles. The van der Waals surface area contributed by atoms with Gasteiger partial charge in [0.2, 0.25) is 0 Å². The highest BCUT2D eigenvalue weighted by atomic mass is 28.3. The van der Waals surface area contributed by atoms with Crippen LogP contribution in [0.3, 0.4) is 0 Å². The molecule has 0 radical (unpaired) electrons. The smallest absolute Gasteiger partial charge is 0.0776 e. The van der Waals surface area contributed by atoms with E-state index in [-0.39, 0.29) is 0 Å². The van der Waals surface area contributed by atoms with E-state index in [2.05, 4.69) is 31.8 Å². The Labute approximate surface area is 75.0 Å². The Morgan fingerprint density at radius 1 is 1.25 bits per heavy atom. The van der Waals surface area contributed by atoms with E-state index < -0.39 is 8.07 Å². The number of rotatable bonds is 2. The predicted molar refractivity (Wildman–Crippen MR) is 57.3 cm³/mol. The van der Waals surface area contributed by atoms with E-state index in [1.54, 1.807) is 0 Å². The summed E-state index contributed by atoms with van der Waals surface area (Å²) in [5.74, 6) is 0. The van der Waals surface area contributed by atoms with E-state index >= 15 is 0 Å². The highest BCUT2D eigenvalue weighted by molar-refractivity contribution is 6.88. The summed E-state index contributed by atoms with van der Waals surface area (Å²) in [4.78, 5) is 0. The molecule has 0 aliphatic rings. The van der Waals surface area contributed by atoms with Crippen LogP contribution in [0, 0.1) is 5.41 Å². The van der Waals surface area contributed by atoms with Gasteiger partial charge < -0.3 is 5.41 Å². The topological polar surface area (TPSA) is 23.9 Å². The Hall–Kier alpha value is -0.893. The molecule has 0 atom stereocenters. The van der Waals surface area contributed by atoms with Gasteiger partial charge in [0.1, 0.15) is 0 Å². The second-order valence-electron chi connectivity index (χ2n) is 4.02. The van der Waals surface area contributed by atoms with Crippen LogP contribution in [0.4, 0.5) is 0 Å². The van der Waals surface area contributed by atoms with Crippen molar-refractivity contribution in [3.8, 4) is 0 Å². The second kappa shape index (κ2) is 3.23. The van der Waals surface area contributed by atoms with Gasteiger partial charge in [-0.1, -0.05) is 49.1 Å². The maximum absolute atomic E-state index is 7.14. The van der Waals surface area contributed by atoms with Crippen LogP contribution in [0.1, 0.15) is 5.56 Å². The van der Waals surface area contributed by atoms with Crippen molar-refractivity contribution < 1.29 is 0 Å². The summed E-state index contributed by atoms with van der Waals surface area (Å²) in [6.07, 6.45) is 1.41. The molecule has 1 aromatic rings. The van der Waals surface area contributed by atoms with Crippen LogP contribution < -0.4 is 5.19 Å². The van der Waals surface area contributed by atoms with Crippen molar-refractivity contribution in [1.82, 2.24) is 0 Å². The van der Waals surface area contributed by atoms with Gasteiger partial charge in [-0.2, -0.15) is 0 Å².